The second-order valence-corrected chi connectivity index (χ2v) is 4.20. The van der Waals surface area contributed by atoms with E-state index in [0.717, 1.165) is 11.1 Å². The molecule has 0 heterocycles. The van der Waals surface area contributed by atoms with Crippen LogP contribution >= 0.6 is 0 Å². The number of aliphatic hydroxyl groups is 1. The minimum atomic E-state index is -0.0626. The highest BCUT2D eigenvalue weighted by Gasteiger charge is 2.06. The van der Waals surface area contributed by atoms with Crippen LogP contribution in [-0.4, -0.2) is 12.2 Å². The van der Waals surface area contributed by atoms with Crippen molar-refractivity contribution < 1.29 is 14.6 Å². The van der Waals surface area contributed by atoms with Crippen molar-refractivity contribution in [3.8, 4) is 17.6 Å². The first-order valence-corrected chi connectivity index (χ1v) is 6.17. The van der Waals surface area contributed by atoms with Gasteiger partial charge in [-0.25, -0.2) is 0 Å². The van der Waals surface area contributed by atoms with Crippen LogP contribution in [0.3, 0.4) is 0 Å². The molecule has 4 heteroatoms. The van der Waals surface area contributed by atoms with Crippen molar-refractivity contribution in [2.75, 3.05) is 7.11 Å². The molecule has 1 N–H and O–H groups in total. The molecular weight excluding hydrogens is 254 g/mol. The van der Waals surface area contributed by atoms with Gasteiger partial charge in [-0.1, -0.05) is 24.3 Å². The minimum absolute atomic E-state index is 0.0626. The maximum Gasteiger partial charge on any atom is 0.137 e. The van der Waals surface area contributed by atoms with Crippen LogP contribution in [0.2, 0.25) is 0 Å². The number of hydrogen-bond donors (Lipinski definition) is 1. The zero-order valence-corrected chi connectivity index (χ0v) is 11.2. The number of para-hydroxylation sites is 1. The van der Waals surface area contributed by atoms with Gasteiger partial charge < -0.3 is 14.6 Å². The molecule has 0 aliphatic heterocycles. The van der Waals surface area contributed by atoms with Gasteiger partial charge in [0.05, 0.1) is 19.3 Å². The highest BCUT2D eigenvalue weighted by atomic mass is 16.5. The summed E-state index contributed by atoms with van der Waals surface area (Å²) in [6.07, 6.45) is 0. The highest BCUT2D eigenvalue weighted by Crippen LogP contribution is 2.22. The molecule has 2 rings (SSSR count). The van der Waals surface area contributed by atoms with E-state index in [0.29, 0.717) is 23.7 Å². The van der Waals surface area contributed by atoms with Gasteiger partial charge in [-0.2, -0.15) is 5.26 Å². The molecule has 0 amide bonds. The Morgan fingerprint density at radius 3 is 2.65 bits per heavy atom. The molecular formula is C16H15NO3. The summed E-state index contributed by atoms with van der Waals surface area (Å²) in [5, 5.41) is 18.2. The molecule has 0 aliphatic rings. The molecule has 0 radical (unpaired) electrons. The molecule has 0 unspecified atom stereocenters. The van der Waals surface area contributed by atoms with Crippen molar-refractivity contribution in [3.05, 3.63) is 59.2 Å². The highest BCUT2D eigenvalue weighted by molar-refractivity contribution is 5.45. The molecule has 0 atom stereocenters. The van der Waals surface area contributed by atoms with Gasteiger partial charge >= 0.3 is 0 Å². The van der Waals surface area contributed by atoms with E-state index in [9.17, 15) is 5.11 Å². The molecule has 0 aromatic heterocycles. The molecule has 0 fully saturated rings. The van der Waals surface area contributed by atoms with E-state index in [2.05, 4.69) is 6.07 Å². The summed E-state index contributed by atoms with van der Waals surface area (Å²) in [4.78, 5) is 0. The fourth-order valence-corrected chi connectivity index (χ4v) is 1.85. The lowest BCUT2D eigenvalue weighted by Crippen LogP contribution is -1.99. The van der Waals surface area contributed by atoms with E-state index in [1.54, 1.807) is 12.1 Å². The standard InChI is InChI=1S/C16H15NO3/c1-19-16-8-12(6-7-13(16)9-17)11-20-15-5-3-2-4-14(15)10-18/h2-8,18H,10-11H2,1H3. The fraction of sp³-hybridized carbons (Fsp3) is 0.188. The fourth-order valence-electron chi connectivity index (χ4n) is 1.85. The predicted octanol–water partition coefficient (Wildman–Crippen LogP) is 2.64. The van der Waals surface area contributed by atoms with Crippen LogP contribution in [0.25, 0.3) is 0 Å². The Kier molecular flexibility index (Phi) is 4.59. The Morgan fingerprint density at radius 2 is 1.95 bits per heavy atom. The average Bonchev–Trinajstić information content (AvgIpc) is 2.52. The number of rotatable bonds is 5. The van der Waals surface area contributed by atoms with Gasteiger partial charge in [0.15, 0.2) is 0 Å². The lowest BCUT2D eigenvalue weighted by atomic mass is 10.1. The second-order valence-electron chi connectivity index (χ2n) is 4.20. The lowest BCUT2D eigenvalue weighted by Gasteiger charge is -2.11. The number of ether oxygens (including phenoxy) is 2. The minimum Gasteiger partial charge on any atom is -0.495 e. The molecule has 0 saturated heterocycles. The first-order valence-electron chi connectivity index (χ1n) is 6.17. The summed E-state index contributed by atoms with van der Waals surface area (Å²) in [5.74, 6) is 1.18. The van der Waals surface area contributed by atoms with Crippen molar-refractivity contribution in [2.45, 2.75) is 13.2 Å². The number of hydrogen-bond acceptors (Lipinski definition) is 4. The Morgan fingerprint density at radius 1 is 1.15 bits per heavy atom. The van der Waals surface area contributed by atoms with E-state index in [1.165, 1.54) is 7.11 Å². The molecule has 0 saturated carbocycles. The summed E-state index contributed by atoms with van der Waals surface area (Å²) in [5.41, 5.74) is 2.13. The van der Waals surface area contributed by atoms with Crippen LogP contribution in [0.5, 0.6) is 11.5 Å². The van der Waals surface area contributed by atoms with E-state index >= 15 is 0 Å². The third kappa shape index (κ3) is 3.08. The summed E-state index contributed by atoms with van der Waals surface area (Å²) in [6, 6.07) is 14.7. The van der Waals surface area contributed by atoms with Crippen molar-refractivity contribution in [2.24, 2.45) is 0 Å². The zero-order valence-electron chi connectivity index (χ0n) is 11.2. The van der Waals surface area contributed by atoms with Crippen LogP contribution in [0, 0.1) is 11.3 Å². The van der Waals surface area contributed by atoms with Gasteiger partial charge in [0, 0.05) is 5.56 Å². The van der Waals surface area contributed by atoms with E-state index in [-0.39, 0.29) is 6.61 Å². The molecule has 0 aliphatic carbocycles. The van der Waals surface area contributed by atoms with Crippen LogP contribution in [-0.2, 0) is 13.2 Å². The van der Waals surface area contributed by atoms with Crippen LogP contribution < -0.4 is 9.47 Å². The van der Waals surface area contributed by atoms with Crippen molar-refractivity contribution in [1.29, 1.82) is 5.26 Å². The van der Waals surface area contributed by atoms with Crippen LogP contribution in [0.15, 0.2) is 42.5 Å². The predicted molar refractivity (Wildman–Crippen MR) is 74.4 cm³/mol. The number of nitriles is 1. The topological polar surface area (TPSA) is 62.5 Å². The Labute approximate surface area is 117 Å². The quantitative estimate of drug-likeness (QED) is 0.906. The zero-order chi connectivity index (χ0) is 14.4. The monoisotopic (exact) mass is 269 g/mol. The Hall–Kier alpha value is -2.51. The average molecular weight is 269 g/mol. The van der Waals surface area contributed by atoms with Crippen molar-refractivity contribution in [1.82, 2.24) is 0 Å². The second kappa shape index (κ2) is 6.60. The maximum atomic E-state index is 9.23. The molecule has 0 spiro atoms. The molecule has 102 valence electrons. The van der Waals surface area contributed by atoms with E-state index < -0.39 is 0 Å². The van der Waals surface area contributed by atoms with E-state index in [1.807, 2.05) is 30.3 Å². The molecule has 20 heavy (non-hydrogen) atoms. The largest absolute Gasteiger partial charge is 0.495 e. The maximum absolute atomic E-state index is 9.23. The van der Waals surface area contributed by atoms with Gasteiger partial charge in [0.1, 0.15) is 24.2 Å². The van der Waals surface area contributed by atoms with E-state index in [4.69, 9.17) is 14.7 Å². The number of benzene rings is 2. The third-order valence-corrected chi connectivity index (χ3v) is 2.92. The van der Waals surface area contributed by atoms with Crippen molar-refractivity contribution >= 4 is 0 Å². The Bertz CT molecular complexity index is 632. The summed E-state index contributed by atoms with van der Waals surface area (Å²) in [6.45, 7) is 0.284. The first kappa shape index (κ1) is 13.9. The molecule has 4 nitrogen and oxygen atoms in total. The van der Waals surface area contributed by atoms with Gasteiger partial charge in [0.2, 0.25) is 0 Å². The SMILES string of the molecule is COc1cc(COc2ccccc2CO)ccc1C#N. The van der Waals surface area contributed by atoms with Gasteiger partial charge in [0.25, 0.3) is 0 Å². The summed E-state index contributed by atoms with van der Waals surface area (Å²) < 4.78 is 10.8. The smallest absolute Gasteiger partial charge is 0.137 e. The van der Waals surface area contributed by atoms with Gasteiger partial charge in [-0.05, 0) is 23.8 Å². The normalized spacial score (nSPS) is 9.85. The van der Waals surface area contributed by atoms with Crippen molar-refractivity contribution in [3.63, 3.8) is 0 Å². The molecule has 2 aromatic rings. The molecule has 0 bridgehead atoms. The van der Waals surface area contributed by atoms with Gasteiger partial charge in [-0.3, -0.25) is 0 Å². The summed E-state index contributed by atoms with van der Waals surface area (Å²) in [7, 11) is 1.53. The Balaban J connectivity index is 2.13. The molecule has 2 aromatic carbocycles. The lowest BCUT2D eigenvalue weighted by molar-refractivity contribution is 0.259. The number of aliphatic hydroxyl groups excluding tert-OH is 1. The van der Waals surface area contributed by atoms with Crippen LogP contribution in [0.1, 0.15) is 16.7 Å². The third-order valence-electron chi connectivity index (χ3n) is 2.92. The summed E-state index contributed by atoms with van der Waals surface area (Å²) >= 11 is 0. The first-order chi connectivity index (χ1) is 9.78. The number of methoxy groups -OCH3 is 1. The van der Waals surface area contributed by atoms with Crippen LogP contribution in [0.4, 0.5) is 0 Å². The van der Waals surface area contributed by atoms with Gasteiger partial charge in [-0.15, -0.1) is 0 Å². The number of nitrogens with zero attached hydrogens (tertiary/aromatic N) is 1.